The summed E-state index contributed by atoms with van der Waals surface area (Å²) in [6.45, 7) is 3.61. The van der Waals surface area contributed by atoms with Gasteiger partial charge in [-0.1, -0.05) is 0 Å². The first-order valence-corrected chi connectivity index (χ1v) is 6.01. The highest BCUT2D eigenvalue weighted by atomic mass is 19.1. The van der Waals surface area contributed by atoms with Crippen molar-refractivity contribution >= 4 is 11.9 Å². The summed E-state index contributed by atoms with van der Waals surface area (Å²) in [5, 5.41) is 0. The van der Waals surface area contributed by atoms with E-state index >= 15 is 0 Å². The lowest BCUT2D eigenvalue weighted by Gasteiger charge is -2.14. The molecule has 0 aliphatic heterocycles. The standard InChI is InChI=1S/C13H16FNO4/c1-3-18-12(16)11(13(17)19-4-2)6-9-5-10(14)8-15-7-9/h5,7-8,11H,3-4,6H2,1-2H3. The molecule has 0 saturated carbocycles. The van der Waals surface area contributed by atoms with Gasteiger partial charge in [-0.05, 0) is 31.9 Å². The summed E-state index contributed by atoms with van der Waals surface area (Å²) in [4.78, 5) is 27.1. The molecule has 1 aromatic rings. The third-order valence-corrected chi connectivity index (χ3v) is 2.34. The molecule has 0 spiro atoms. The van der Waals surface area contributed by atoms with E-state index in [-0.39, 0.29) is 19.6 Å². The number of nitrogens with zero attached hydrogens (tertiary/aromatic N) is 1. The van der Waals surface area contributed by atoms with Crippen molar-refractivity contribution in [3.8, 4) is 0 Å². The molecule has 0 radical (unpaired) electrons. The molecule has 1 heterocycles. The van der Waals surface area contributed by atoms with Crippen LogP contribution in [0.3, 0.4) is 0 Å². The molecule has 0 aromatic carbocycles. The number of halogens is 1. The van der Waals surface area contributed by atoms with Gasteiger partial charge in [0.1, 0.15) is 5.82 Å². The lowest BCUT2D eigenvalue weighted by atomic mass is 10.0. The molecule has 0 atom stereocenters. The van der Waals surface area contributed by atoms with Crippen molar-refractivity contribution < 1.29 is 23.5 Å². The maximum absolute atomic E-state index is 13.0. The molecule has 0 bridgehead atoms. The molecule has 0 aliphatic carbocycles. The Morgan fingerprint density at radius 1 is 1.21 bits per heavy atom. The number of esters is 2. The molecule has 1 aromatic heterocycles. The van der Waals surface area contributed by atoms with Crippen LogP contribution in [0.5, 0.6) is 0 Å². The molecule has 0 amide bonds. The zero-order valence-corrected chi connectivity index (χ0v) is 10.9. The van der Waals surface area contributed by atoms with Crippen LogP contribution in [0.4, 0.5) is 4.39 Å². The van der Waals surface area contributed by atoms with Gasteiger partial charge in [0.25, 0.3) is 0 Å². The van der Waals surface area contributed by atoms with Crippen LogP contribution in [0, 0.1) is 11.7 Å². The number of carbonyl (C=O) groups excluding carboxylic acids is 2. The largest absolute Gasteiger partial charge is 0.465 e. The van der Waals surface area contributed by atoms with E-state index < -0.39 is 23.7 Å². The minimum atomic E-state index is -1.09. The Morgan fingerprint density at radius 2 is 1.79 bits per heavy atom. The molecule has 6 heteroatoms. The van der Waals surface area contributed by atoms with Gasteiger partial charge >= 0.3 is 11.9 Å². The predicted molar refractivity (Wildman–Crippen MR) is 64.7 cm³/mol. The van der Waals surface area contributed by atoms with Crippen molar-refractivity contribution in [2.24, 2.45) is 5.92 Å². The summed E-state index contributed by atoms with van der Waals surface area (Å²) in [5.74, 6) is -2.97. The highest BCUT2D eigenvalue weighted by molar-refractivity contribution is 5.95. The monoisotopic (exact) mass is 269 g/mol. The van der Waals surface area contributed by atoms with E-state index in [2.05, 4.69) is 4.98 Å². The lowest BCUT2D eigenvalue weighted by Crippen LogP contribution is -2.30. The second kappa shape index (κ2) is 7.45. The minimum absolute atomic E-state index is 0.00241. The smallest absolute Gasteiger partial charge is 0.320 e. The van der Waals surface area contributed by atoms with E-state index in [1.165, 1.54) is 12.3 Å². The Labute approximate surface area is 110 Å². The summed E-state index contributed by atoms with van der Waals surface area (Å²) < 4.78 is 22.7. The number of hydrogen-bond donors (Lipinski definition) is 0. The topological polar surface area (TPSA) is 65.5 Å². The summed E-state index contributed by atoms with van der Waals surface area (Å²) in [5.41, 5.74) is 0.436. The van der Waals surface area contributed by atoms with Gasteiger partial charge in [-0.25, -0.2) is 4.39 Å². The number of rotatable bonds is 6. The maximum Gasteiger partial charge on any atom is 0.320 e. The van der Waals surface area contributed by atoms with Gasteiger partial charge < -0.3 is 9.47 Å². The fraction of sp³-hybridized carbons (Fsp3) is 0.462. The van der Waals surface area contributed by atoms with Gasteiger partial charge in [0.15, 0.2) is 5.92 Å². The third kappa shape index (κ3) is 4.65. The van der Waals surface area contributed by atoms with Crippen LogP contribution in [0.25, 0.3) is 0 Å². The maximum atomic E-state index is 13.0. The number of pyridine rings is 1. The van der Waals surface area contributed by atoms with Gasteiger partial charge in [0.2, 0.25) is 0 Å². The van der Waals surface area contributed by atoms with Crippen LogP contribution in [0.2, 0.25) is 0 Å². The molecule has 0 aliphatic rings. The Hall–Kier alpha value is -1.98. The van der Waals surface area contributed by atoms with Crippen molar-refractivity contribution in [2.75, 3.05) is 13.2 Å². The highest BCUT2D eigenvalue weighted by Gasteiger charge is 2.29. The van der Waals surface area contributed by atoms with Gasteiger partial charge in [0.05, 0.1) is 19.4 Å². The highest BCUT2D eigenvalue weighted by Crippen LogP contribution is 2.13. The van der Waals surface area contributed by atoms with E-state index in [9.17, 15) is 14.0 Å². The van der Waals surface area contributed by atoms with E-state index in [0.717, 1.165) is 6.20 Å². The fourth-order valence-electron chi connectivity index (χ4n) is 1.55. The number of ether oxygens (including phenoxy) is 2. The summed E-state index contributed by atoms with van der Waals surface area (Å²) in [7, 11) is 0. The Morgan fingerprint density at radius 3 is 2.26 bits per heavy atom. The molecule has 1 rings (SSSR count). The first-order valence-electron chi connectivity index (χ1n) is 6.01. The molecule has 0 N–H and O–H groups in total. The van der Waals surface area contributed by atoms with Crippen molar-refractivity contribution in [1.82, 2.24) is 4.98 Å². The Kier molecular flexibility index (Phi) is 5.92. The molecular formula is C13H16FNO4. The van der Waals surface area contributed by atoms with Crippen LogP contribution in [-0.2, 0) is 25.5 Å². The van der Waals surface area contributed by atoms with Crippen LogP contribution < -0.4 is 0 Å². The van der Waals surface area contributed by atoms with E-state index in [4.69, 9.17) is 9.47 Å². The zero-order valence-electron chi connectivity index (χ0n) is 10.9. The lowest BCUT2D eigenvalue weighted by molar-refractivity contribution is -0.161. The second-order valence-electron chi connectivity index (χ2n) is 3.77. The number of hydrogen-bond acceptors (Lipinski definition) is 5. The average molecular weight is 269 g/mol. The Balaban J connectivity index is 2.84. The minimum Gasteiger partial charge on any atom is -0.465 e. The summed E-state index contributed by atoms with van der Waals surface area (Å²) in [6.07, 6.45) is 2.45. The van der Waals surface area contributed by atoms with Crippen LogP contribution in [0.15, 0.2) is 18.5 Å². The quantitative estimate of drug-likeness (QED) is 0.578. The average Bonchev–Trinajstić information content (AvgIpc) is 2.36. The third-order valence-electron chi connectivity index (χ3n) is 2.34. The van der Waals surface area contributed by atoms with E-state index in [1.807, 2.05) is 0 Å². The second-order valence-corrected chi connectivity index (χ2v) is 3.77. The molecule has 5 nitrogen and oxygen atoms in total. The van der Waals surface area contributed by atoms with Gasteiger partial charge in [-0.15, -0.1) is 0 Å². The van der Waals surface area contributed by atoms with Crippen LogP contribution in [0.1, 0.15) is 19.4 Å². The first-order chi connectivity index (χ1) is 9.08. The van der Waals surface area contributed by atoms with Crippen molar-refractivity contribution in [3.63, 3.8) is 0 Å². The molecule has 0 fully saturated rings. The van der Waals surface area contributed by atoms with Crippen molar-refractivity contribution in [1.29, 1.82) is 0 Å². The zero-order chi connectivity index (χ0) is 14.3. The van der Waals surface area contributed by atoms with Gasteiger partial charge in [0, 0.05) is 6.20 Å². The first kappa shape index (κ1) is 15.1. The Bertz CT molecular complexity index is 432. The van der Waals surface area contributed by atoms with Gasteiger partial charge in [-0.3, -0.25) is 14.6 Å². The van der Waals surface area contributed by atoms with E-state index in [0.29, 0.717) is 5.56 Å². The van der Waals surface area contributed by atoms with Gasteiger partial charge in [-0.2, -0.15) is 0 Å². The number of aromatic nitrogens is 1. The molecule has 0 unspecified atom stereocenters. The van der Waals surface area contributed by atoms with Crippen molar-refractivity contribution in [3.05, 3.63) is 29.8 Å². The molecule has 0 saturated heterocycles. The normalized spacial score (nSPS) is 10.3. The molecule has 19 heavy (non-hydrogen) atoms. The van der Waals surface area contributed by atoms with Crippen LogP contribution in [-0.4, -0.2) is 30.1 Å². The van der Waals surface area contributed by atoms with E-state index in [1.54, 1.807) is 13.8 Å². The van der Waals surface area contributed by atoms with Crippen molar-refractivity contribution in [2.45, 2.75) is 20.3 Å². The summed E-state index contributed by atoms with van der Waals surface area (Å²) in [6, 6.07) is 1.22. The molecule has 104 valence electrons. The predicted octanol–water partition coefficient (Wildman–Crippen LogP) is 1.51. The number of carbonyl (C=O) groups is 2. The summed E-state index contributed by atoms with van der Waals surface area (Å²) >= 11 is 0. The van der Waals surface area contributed by atoms with Crippen LogP contribution >= 0.6 is 0 Å². The fourth-order valence-corrected chi connectivity index (χ4v) is 1.55. The SMILES string of the molecule is CCOC(=O)C(Cc1cncc(F)c1)C(=O)OCC. The molecular weight excluding hydrogens is 253 g/mol.